The summed E-state index contributed by atoms with van der Waals surface area (Å²) in [6.07, 6.45) is -4.87. The highest BCUT2D eigenvalue weighted by molar-refractivity contribution is 6.42. The van der Waals surface area contributed by atoms with Crippen LogP contribution in [0.2, 0.25) is 10.0 Å². The number of carbonyl (C=O) groups excluding carboxylic acids is 2. The van der Waals surface area contributed by atoms with Gasteiger partial charge in [0, 0.05) is 42.5 Å². The van der Waals surface area contributed by atoms with Gasteiger partial charge in [-0.05, 0) is 74.1 Å². The molecule has 3 atom stereocenters. The Labute approximate surface area is 270 Å². The third-order valence-electron chi connectivity index (χ3n) is 7.57. The number of anilines is 2. The average molecular weight is 668 g/mol. The molecule has 45 heavy (non-hydrogen) atoms. The van der Waals surface area contributed by atoms with Crippen LogP contribution in [0.5, 0.6) is 5.75 Å². The molecular formula is C32H35Cl2F3N4O4. The van der Waals surface area contributed by atoms with Crippen molar-refractivity contribution in [2.75, 3.05) is 37.4 Å². The molecule has 0 aromatic heterocycles. The first-order valence-electron chi connectivity index (χ1n) is 14.3. The molecule has 0 saturated carbocycles. The van der Waals surface area contributed by atoms with Crippen molar-refractivity contribution < 1.29 is 32.6 Å². The lowest BCUT2D eigenvalue weighted by atomic mass is 10.0. The lowest BCUT2D eigenvalue weighted by Crippen LogP contribution is -2.47. The Morgan fingerprint density at radius 2 is 1.73 bits per heavy atom. The first-order chi connectivity index (χ1) is 21.2. The molecule has 4 rings (SSSR count). The fourth-order valence-corrected chi connectivity index (χ4v) is 5.40. The lowest BCUT2D eigenvalue weighted by Gasteiger charge is -2.34. The molecule has 3 aromatic carbocycles. The summed E-state index contributed by atoms with van der Waals surface area (Å²) >= 11 is 12.3. The van der Waals surface area contributed by atoms with E-state index in [9.17, 15) is 27.9 Å². The maximum absolute atomic E-state index is 13.5. The van der Waals surface area contributed by atoms with Crippen LogP contribution in [0.4, 0.5) is 29.3 Å². The smallest absolute Gasteiger partial charge is 0.416 e. The van der Waals surface area contributed by atoms with E-state index in [0.717, 1.165) is 29.8 Å². The number of nitrogens with zero attached hydrogens (tertiary/aromatic N) is 2. The first kappa shape index (κ1) is 34.4. The largest absolute Gasteiger partial charge is 0.488 e. The van der Waals surface area contributed by atoms with Crippen LogP contribution in [0.25, 0.3) is 0 Å². The zero-order valence-corrected chi connectivity index (χ0v) is 26.5. The molecule has 1 heterocycles. The number of carbonyl (C=O) groups is 2. The van der Waals surface area contributed by atoms with Gasteiger partial charge in [0.1, 0.15) is 11.9 Å². The normalized spacial score (nSPS) is 17.9. The topological polar surface area (TPSA) is 94.1 Å². The van der Waals surface area contributed by atoms with Crippen LogP contribution in [0.15, 0.2) is 60.7 Å². The van der Waals surface area contributed by atoms with Gasteiger partial charge < -0.3 is 25.4 Å². The van der Waals surface area contributed by atoms with Crippen LogP contribution in [0, 0.1) is 5.92 Å². The summed E-state index contributed by atoms with van der Waals surface area (Å²) in [5.41, 5.74) is 1.22. The predicted octanol–water partition coefficient (Wildman–Crippen LogP) is 6.94. The highest BCUT2D eigenvalue weighted by Gasteiger charge is 2.32. The summed E-state index contributed by atoms with van der Waals surface area (Å²) in [5, 5.41) is 16.0. The van der Waals surface area contributed by atoms with Crippen LogP contribution in [-0.4, -0.2) is 65.7 Å². The van der Waals surface area contributed by atoms with Crippen molar-refractivity contribution >= 4 is 46.5 Å². The summed E-state index contributed by atoms with van der Waals surface area (Å²) in [6, 6.07) is 13.4. The number of aliphatic hydroxyl groups excluding tert-OH is 1. The molecule has 0 bridgehead atoms. The summed E-state index contributed by atoms with van der Waals surface area (Å²) in [7, 11) is 1.95. The Hall–Kier alpha value is -3.51. The predicted molar refractivity (Wildman–Crippen MR) is 169 cm³/mol. The van der Waals surface area contributed by atoms with Crippen molar-refractivity contribution in [1.29, 1.82) is 0 Å². The molecule has 0 aliphatic carbocycles. The Morgan fingerprint density at radius 3 is 2.38 bits per heavy atom. The minimum absolute atomic E-state index is 0.0335. The van der Waals surface area contributed by atoms with Crippen LogP contribution in [0.1, 0.15) is 30.5 Å². The van der Waals surface area contributed by atoms with Gasteiger partial charge in [-0.2, -0.15) is 13.2 Å². The molecule has 242 valence electrons. The van der Waals surface area contributed by atoms with E-state index in [4.69, 9.17) is 27.9 Å². The standard InChI is InChI=1S/C32H35Cl2F3N4O4/c1-19-15-41(20(2)18-42)30(43)14-22-13-25(39-31(44)38-24-7-5-23(6-8-24)32(35,36)37)9-11-28(22)45-29(19)17-40(3)16-21-4-10-26(33)27(34)12-21/h4-13,19-20,29,42H,14-18H2,1-3H3,(H2,38,39,44)/t19-,20+,29-/m1/s1. The van der Waals surface area contributed by atoms with Crippen molar-refractivity contribution in [1.82, 2.24) is 9.80 Å². The fourth-order valence-electron chi connectivity index (χ4n) is 5.08. The number of alkyl halides is 3. The number of nitrogens with one attached hydrogen (secondary N) is 2. The van der Waals surface area contributed by atoms with Crippen LogP contribution < -0.4 is 15.4 Å². The second kappa shape index (κ2) is 14.7. The van der Waals surface area contributed by atoms with Crippen molar-refractivity contribution in [2.24, 2.45) is 5.92 Å². The Morgan fingerprint density at radius 1 is 1.07 bits per heavy atom. The summed E-state index contributed by atoms with van der Waals surface area (Å²) in [5.74, 6) is 0.164. The molecule has 13 heteroatoms. The molecule has 8 nitrogen and oxygen atoms in total. The van der Waals surface area contributed by atoms with Crippen molar-refractivity contribution in [3.05, 3.63) is 87.4 Å². The molecule has 0 radical (unpaired) electrons. The number of ether oxygens (including phenoxy) is 1. The van der Waals surface area contributed by atoms with Crippen molar-refractivity contribution in [3.8, 4) is 5.75 Å². The van der Waals surface area contributed by atoms with E-state index in [1.807, 2.05) is 26.1 Å². The Bertz CT molecular complexity index is 1510. The summed E-state index contributed by atoms with van der Waals surface area (Å²) < 4.78 is 45.1. The minimum atomic E-state index is -4.48. The molecule has 1 aliphatic rings. The molecule has 3 aromatic rings. The monoisotopic (exact) mass is 666 g/mol. The third-order valence-corrected chi connectivity index (χ3v) is 8.31. The average Bonchev–Trinajstić information content (AvgIpc) is 3.01. The lowest BCUT2D eigenvalue weighted by molar-refractivity contribution is -0.137. The number of urea groups is 1. The van der Waals surface area contributed by atoms with E-state index >= 15 is 0 Å². The number of rotatable bonds is 8. The Kier molecular flexibility index (Phi) is 11.2. The van der Waals surface area contributed by atoms with Gasteiger partial charge in [0.15, 0.2) is 0 Å². The number of aliphatic hydroxyl groups is 1. The van der Waals surface area contributed by atoms with Gasteiger partial charge in [-0.3, -0.25) is 9.69 Å². The summed E-state index contributed by atoms with van der Waals surface area (Å²) in [6.45, 7) is 5.00. The molecule has 3 N–H and O–H groups in total. The summed E-state index contributed by atoms with van der Waals surface area (Å²) in [4.78, 5) is 29.9. The van der Waals surface area contributed by atoms with Crippen molar-refractivity contribution in [3.63, 3.8) is 0 Å². The zero-order valence-electron chi connectivity index (χ0n) is 25.0. The molecule has 1 aliphatic heterocycles. The molecule has 0 fully saturated rings. The maximum atomic E-state index is 13.5. The molecule has 3 amide bonds. The molecule has 0 spiro atoms. The van der Waals surface area contributed by atoms with Gasteiger partial charge >= 0.3 is 12.2 Å². The van der Waals surface area contributed by atoms with Crippen molar-refractivity contribution in [2.45, 2.75) is 45.1 Å². The van der Waals surface area contributed by atoms with Crippen LogP contribution >= 0.6 is 23.2 Å². The van der Waals surface area contributed by atoms with Gasteiger partial charge in [-0.15, -0.1) is 0 Å². The third kappa shape index (κ3) is 9.26. The highest BCUT2D eigenvalue weighted by atomic mass is 35.5. The number of halogens is 5. The van der Waals surface area contributed by atoms with E-state index in [1.54, 1.807) is 36.1 Å². The van der Waals surface area contributed by atoms with E-state index in [-0.39, 0.29) is 36.6 Å². The fraction of sp³-hybridized carbons (Fsp3) is 0.375. The number of amides is 3. The number of benzene rings is 3. The van der Waals surface area contributed by atoms with Gasteiger partial charge in [-0.25, -0.2) is 4.79 Å². The second-order valence-corrected chi connectivity index (χ2v) is 12.1. The molecular weight excluding hydrogens is 632 g/mol. The SMILES string of the molecule is C[C@@H]1CN([C@@H](C)CO)C(=O)Cc2cc(NC(=O)Nc3ccc(C(F)(F)F)cc3)ccc2O[C@@H]1CN(C)Cc1ccc(Cl)c(Cl)c1. The highest BCUT2D eigenvalue weighted by Crippen LogP contribution is 2.31. The van der Waals surface area contributed by atoms with E-state index < -0.39 is 23.8 Å². The van der Waals surface area contributed by atoms with Gasteiger partial charge in [-0.1, -0.05) is 36.2 Å². The van der Waals surface area contributed by atoms with Gasteiger partial charge in [0.05, 0.1) is 34.7 Å². The maximum Gasteiger partial charge on any atom is 0.416 e. The quantitative estimate of drug-likeness (QED) is 0.242. The zero-order chi connectivity index (χ0) is 32.9. The van der Waals surface area contributed by atoms with E-state index in [0.29, 0.717) is 46.7 Å². The van der Waals surface area contributed by atoms with Gasteiger partial charge in [0.25, 0.3) is 0 Å². The molecule has 0 saturated heterocycles. The van der Waals surface area contributed by atoms with Crippen LogP contribution in [0.3, 0.4) is 0 Å². The van der Waals surface area contributed by atoms with E-state index in [2.05, 4.69) is 15.5 Å². The number of hydrogen-bond acceptors (Lipinski definition) is 5. The van der Waals surface area contributed by atoms with E-state index in [1.165, 1.54) is 0 Å². The first-order valence-corrected chi connectivity index (χ1v) is 15.1. The second-order valence-electron chi connectivity index (χ2n) is 11.3. The van der Waals surface area contributed by atoms with Gasteiger partial charge in [0.2, 0.25) is 5.91 Å². The Balaban J connectivity index is 1.54. The minimum Gasteiger partial charge on any atom is -0.488 e. The number of likely N-dealkylation sites (N-methyl/N-ethyl adjacent to an activating group) is 1. The van der Waals surface area contributed by atoms with Crippen LogP contribution in [-0.2, 0) is 23.9 Å². The number of fused-ring (bicyclic) bond motifs is 1. The number of hydrogen-bond donors (Lipinski definition) is 3. The molecule has 0 unspecified atom stereocenters.